The maximum absolute atomic E-state index is 12.2. The molecule has 0 spiro atoms. The summed E-state index contributed by atoms with van der Waals surface area (Å²) in [4.78, 5) is 14.5. The second-order valence-electron chi connectivity index (χ2n) is 5.23. The van der Waals surface area contributed by atoms with Crippen molar-refractivity contribution >= 4 is 11.6 Å². The van der Waals surface area contributed by atoms with Crippen LogP contribution in [0.3, 0.4) is 0 Å². The Morgan fingerprint density at radius 2 is 2.00 bits per heavy atom. The van der Waals surface area contributed by atoms with Crippen molar-refractivity contribution in [3.05, 3.63) is 28.8 Å². The lowest BCUT2D eigenvalue weighted by molar-refractivity contribution is 0.0383. The number of aryl methyl sites for hydroxylation is 2. The summed E-state index contributed by atoms with van der Waals surface area (Å²) >= 11 is 0. The second kappa shape index (κ2) is 6.72. The van der Waals surface area contributed by atoms with Crippen LogP contribution in [0, 0.1) is 13.8 Å². The molecule has 2 rings (SSSR count). The molecule has 0 saturated carbocycles. The van der Waals surface area contributed by atoms with Crippen LogP contribution in [-0.4, -0.2) is 50.2 Å². The average molecular weight is 277 g/mol. The van der Waals surface area contributed by atoms with Crippen molar-refractivity contribution in [2.75, 3.05) is 45.1 Å². The lowest BCUT2D eigenvalue weighted by atomic mass is 10.0. The normalized spacial score (nSPS) is 16.1. The van der Waals surface area contributed by atoms with Gasteiger partial charge in [0.2, 0.25) is 0 Å². The highest BCUT2D eigenvalue weighted by molar-refractivity contribution is 5.96. The van der Waals surface area contributed by atoms with Gasteiger partial charge in [-0.1, -0.05) is 6.07 Å². The molecule has 1 amide bonds. The van der Waals surface area contributed by atoms with Gasteiger partial charge in [-0.15, -0.1) is 0 Å². The van der Waals surface area contributed by atoms with E-state index in [0.717, 1.165) is 44.0 Å². The molecule has 20 heavy (non-hydrogen) atoms. The van der Waals surface area contributed by atoms with Crippen LogP contribution in [0.4, 0.5) is 5.69 Å². The highest BCUT2D eigenvalue weighted by Crippen LogP contribution is 2.17. The number of hydrogen-bond donors (Lipinski definition) is 2. The topological polar surface area (TPSA) is 67.6 Å². The Balaban J connectivity index is 1.87. The Bertz CT molecular complexity index is 482. The van der Waals surface area contributed by atoms with Crippen LogP contribution in [0.1, 0.15) is 21.5 Å². The predicted molar refractivity (Wildman–Crippen MR) is 79.9 cm³/mol. The van der Waals surface area contributed by atoms with Crippen molar-refractivity contribution in [1.82, 2.24) is 10.2 Å². The molecule has 5 heteroatoms. The first-order valence-corrected chi connectivity index (χ1v) is 7.03. The van der Waals surface area contributed by atoms with Gasteiger partial charge in [-0.3, -0.25) is 9.69 Å². The van der Waals surface area contributed by atoms with Gasteiger partial charge in [0, 0.05) is 37.4 Å². The zero-order valence-corrected chi connectivity index (χ0v) is 12.2. The fraction of sp³-hybridized carbons (Fsp3) is 0.533. The minimum absolute atomic E-state index is 0.0533. The number of benzene rings is 1. The molecule has 3 N–H and O–H groups in total. The third kappa shape index (κ3) is 3.71. The summed E-state index contributed by atoms with van der Waals surface area (Å²) in [5.74, 6) is -0.0533. The van der Waals surface area contributed by atoms with E-state index in [-0.39, 0.29) is 5.91 Å². The van der Waals surface area contributed by atoms with Gasteiger partial charge in [0.05, 0.1) is 13.2 Å². The summed E-state index contributed by atoms with van der Waals surface area (Å²) in [7, 11) is 0. The highest BCUT2D eigenvalue weighted by Gasteiger charge is 2.13. The van der Waals surface area contributed by atoms with E-state index in [9.17, 15) is 4.79 Å². The van der Waals surface area contributed by atoms with E-state index in [4.69, 9.17) is 10.5 Å². The van der Waals surface area contributed by atoms with Gasteiger partial charge in [-0.05, 0) is 31.0 Å². The number of hydrogen-bond acceptors (Lipinski definition) is 4. The number of rotatable bonds is 4. The minimum Gasteiger partial charge on any atom is -0.398 e. The zero-order valence-electron chi connectivity index (χ0n) is 12.2. The lowest BCUT2D eigenvalue weighted by Crippen LogP contribution is -2.41. The summed E-state index contributed by atoms with van der Waals surface area (Å²) in [6, 6.07) is 3.71. The van der Waals surface area contributed by atoms with Crippen molar-refractivity contribution in [3.63, 3.8) is 0 Å². The number of nitrogens with zero attached hydrogens (tertiary/aromatic N) is 1. The molecule has 1 aliphatic rings. The highest BCUT2D eigenvalue weighted by atomic mass is 16.5. The Kier molecular flexibility index (Phi) is 4.98. The summed E-state index contributed by atoms with van der Waals surface area (Å²) in [6.07, 6.45) is 0. The quantitative estimate of drug-likeness (QED) is 0.804. The van der Waals surface area contributed by atoms with Crippen LogP contribution in [0.5, 0.6) is 0 Å². The number of amides is 1. The molecule has 5 nitrogen and oxygen atoms in total. The zero-order chi connectivity index (χ0) is 14.5. The SMILES string of the molecule is Cc1cc(C)c(C(=O)NCCN2CCOCC2)cc1N. The van der Waals surface area contributed by atoms with E-state index in [1.54, 1.807) is 6.07 Å². The molecule has 1 saturated heterocycles. The Morgan fingerprint density at radius 1 is 1.30 bits per heavy atom. The van der Waals surface area contributed by atoms with Crippen LogP contribution < -0.4 is 11.1 Å². The predicted octanol–water partition coefficient (Wildman–Crippen LogP) is 0.948. The van der Waals surface area contributed by atoms with E-state index >= 15 is 0 Å². The van der Waals surface area contributed by atoms with Crippen molar-refractivity contribution < 1.29 is 9.53 Å². The Hall–Kier alpha value is -1.59. The number of nitrogens with two attached hydrogens (primary N) is 1. The van der Waals surface area contributed by atoms with Crippen LogP contribution in [0.25, 0.3) is 0 Å². The minimum atomic E-state index is -0.0533. The molecule has 0 atom stereocenters. The summed E-state index contributed by atoms with van der Waals surface area (Å²) in [5, 5.41) is 2.96. The first-order chi connectivity index (χ1) is 9.58. The number of carbonyl (C=O) groups excluding carboxylic acids is 1. The van der Waals surface area contributed by atoms with Crippen molar-refractivity contribution in [2.45, 2.75) is 13.8 Å². The van der Waals surface area contributed by atoms with E-state index in [1.165, 1.54) is 0 Å². The van der Waals surface area contributed by atoms with Gasteiger partial charge in [-0.25, -0.2) is 0 Å². The van der Waals surface area contributed by atoms with E-state index in [0.29, 0.717) is 17.8 Å². The average Bonchev–Trinajstić information content (AvgIpc) is 2.44. The van der Waals surface area contributed by atoms with Crippen LogP contribution >= 0.6 is 0 Å². The molecule has 0 radical (unpaired) electrons. The molecule has 0 unspecified atom stereocenters. The van der Waals surface area contributed by atoms with Crippen molar-refractivity contribution in [1.29, 1.82) is 0 Å². The maximum atomic E-state index is 12.2. The number of nitrogens with one attached hydrogen (secondary N) is 1. The van der Waals surface area contributed by atoms with Gasteiger partial charge in [0.15, 0.2) is 0 Å². The maximum Gasteiger partial charge on any atom is 0.251 e. The molecule has 1 fully saturated rings. The van der Waals surface area contributed by atoms with E-state index in [2.05, 4.69) is 10.2 Å². The Morgan fingerprint density at radius 3 is 2.70 bits per heavy atom. The molecule has 1 aromatic rings. The van der Waals surface area contributed by atoms with E-state index < -0.39 is 0 Å². The number of morpholine rings is 1. The monoisotopic (exact) mass is 277 g/mol. The third-order valence-corrected chi connectivity index (χ3v) is 3.67. The molecule has 1 aromatic carbocycles. The summed E-state index contributed by atoms with van der Waals surface area (Å²) in [5.41, 5.74) is 9.16. The number of carbonyl (C=O) groups is 1. The third-order valence-electron chi connectivity index (χ3n) is 3.67. The lowest BCUT2D eigenvalue weighted by Gasteiger charge is -2.26. The first kappa shape index (κ1) is 14.8. The summed E-state index contributed by atoms with van der Waals surface area (Å²) in [6.45, 7) is 8.81. The second-order valence-corrected chi connectivity index (χ2v) is 5.23. The first-order valence-electron chi connectivity index (χ1n) is 7.03. The summed E-state index contributed by atoms with van der Waals surface area (Å²) < 4.78 is 5.29. The van der Waals surface area contributed by atoms with Crippen LogP contribution in [0.15, 0.2) is 12.1 Å². The van der Waals surface area contributed by atoms with Gasteiger partial charge in [-0.2, -0.15) is 0 Å². The molecule has 0 bridgehead atoms. The van der Waals surface area contributed by atoms with Gasteiger partial charge >= 0.3 is 0 Å². The fourth-order valence-electron chi connectivity index (χ4n) is 2.36. The molecular weight excluding hydrogens is 254 g/mol. The molecular formula is C15H23N3O2. The number of ether oxygens (including phenoxy) is 1. The van der Waals surface area contributed by atoms with Crippen LogP contribution in [0.2, 0.25) is 0 Å². The Labute approximate surface area is 120 Å². The van der Waals surface area contributed by atoms with E-state index in [1.807, 2.05) is 19.9 Å². The molecule has 1 aliphatic heterocycles. The fourth-order valence-corrected chi connectivity index (χ4v) is 2.36. The molecule has 110 valence electrons. The van der Waals surface area contributed by atoms with Gasteiger partial charge in [0.1, 0.15) is 0 Å². The molecule has 1 heterocycles. The van der Waals surface area contributed by atoms with Crippen molar-refractivity contribution in [2.24, 2.45) is 0 Å². The molecule has 0 aromatic heterocycles. The van der Waals surface area contributed by atoms with Crippen molar-refractivity contribution in [3.8, 4) is 0 Å². The largest absolute Gasteiger partial charge is 0.398 e. The van der Waals surface area contributed by atoms with Crippen LogP contribution in [-0.2, 0) is 4.74 Å². The smallest absolute Gasteiger partial charge is 0.251 e. The number of nitrogen functional groups attached to an aromatic ring is 1. The molecule has 0 aliphatic carbocycles. The van der Waals surface area contributed by atoms with Gasteiger partial charge < -0.3 is 15.8 Å². The standard InChI is InChI=1S/C15H23N3O2/c1-11-9-12(2)14(16)10-13(11)15(19)17-3-4-18-5-7-20-8-6-18/h9-10H,3-8,16H2,1-2H3,(H,17,19). The number of anilines is 1. The van der Waals surface area contributed by atoms with Gasteiger partial charge in [0.25, 0.3) is 5.91 Å².